The van der Waals surface area contributed by atoms with Crippen molar-refractivity contribution in [3.05, 3.63) is 29.3 Å². The zero-order valence-electron chi connectivity index (χ0n) is 13.9. The van der Waals surface area contributed by atoms with Crippen LogP contribution in [0.4, 0.5) is 5.69 Å². The van der Waals surface area contributed by atoms with Crippen molar-refractivity contribution in [2.24, 2.45) is 17.8 Å². The predicted molar refractivity (Wildman–Crippen MR) is 90.8 cm³/mol. The molecular weight excluding hydrogens is 256 g/mol. The molecule has 2 heteroatoms. The van der Waals surface area contributed by atoms with E-state index in [9.17, 15) is 0 Å². The van der Waals surface area contributed by atoms with Gasteiger partial charge < -0.3 is 10.2 Å². The molecule has 3 atom stereocenters. The minimum atomic E-state index is 0.932. The molecule has 1 aromatic rings. The lowest BCUT2D eigenvalue weighted by Gasteiger charge is -2.30. The summed E-state index contributed by atoms with van der Waals surface area (Å²) in [4.78, 5) is 2.51. The second kappa shape index (κ2) is 6.39. The average molecular weight is 286 g/mol. The quantitative estimate of drug-likeness (QED) is 0.851. The molecule has 0 amide bonds. The van der Waals surface area contributed by atoms with Crippen LogP contribution in [0.1, 0.15) is 43.7 Å². The van der Waals surface area contributed by atoms with Crippen molar-refractivity contribution in [3.63, 3.8) is 0 Å². The van der Waals surface area contributed by atoms with Gasteiger partial charge in [-0.05, 0) is 62.1 Å². The molecule has 1 aromatic carbocycles. The number of rotatable bonds is 6. The van der Waals surface area contributed by atoms with Gasteiger partial charge in [0.1, 0.15) is 0 Å². The topological polar surface area (TPSA) is 15.3 Å². The van der Waals surface area contributed by atoms with Crippen molar-refractivity contribution in [2.45, 2.75) is 46.1 Å². The summed E-state index contributed by atoms with van der Waals surface area (Å²) in [7, 11) is 2.28. The number of hydrogen-bond donors (Lipinski definition) is 1. The van der Waals surface area contributed by atoms with Crippen LogP contribution in [-0.4, -0.2) is 20.1 Å². The van der Waals surface area contributed by atoms with Gasteiger partial charge in [-0.2, -0.15) is 0 Å². The van der Waals surface area contributed by atoms with Gasteiger partial charge in [-0.3, -0.25) is 0 Å². The van der Waals surface area contributed by atoms with Crippen LogP contribution >= 0.6 is 0 Å². The molecule has 2 nitrogen and oxygen atoms in total. The lowest BCUT2D eigenvalue weighted by molar-refractivity contribution is 0.337. The summed E-state index contributed by atoms with van der Waals surface area (Å²) in [6.07, 6.45) is 5.97. The van der Waals surface area contributed by atoms with Crippen LogP contribution in [0.2, 0.25) is 0 Å². The Hall–Kier alpha value is -1.02. The van der Waals surface area contributed by atoms with Crippen molar-refractivity contribution in [2.75, 3.05) is 25.0 Å². The van der Waals surface area contributed by atoms with Gasteiger partial charge in [0.2, 0.25) is 0 Å². The highest BCUT2D eigenvalue weighted by Crippen LogP contribution is 2.48. The third kappa shape index (κ3) is 3.26. The molecule has 21 heavy (non-hydrogen) atoms. The van der Waals surface area contributed by atoms with Gasteiger partial charge >= 0.3 is 0 Å². The molecule has 116 valence electrons. The highest BCUT2D eigenvalue weighted by molar-refractivity contribution is 5.54. The summed E-state index contributed by atoms with van der Waals surface area (Å²) in [5, 5.41) is 3.48. The lowest BCUT2D eigenvalue weighted by Crippen LogP contribution is -2.29. The number of anilines is 1. The molecule has 2 bridgehead atoms. The third-order valence-electron chi connectivity index (χ3n) is 5.60. The van der Waals surface area contributed by atoms with Crippen LogP contribution in [0.3, 0.4) is 0 Å². The Labute approximate surface area is 129 Å². The molecule has 2 aliphatic rings. The largest absolute Gasteiger partial charge is 0.374 e. The number of hydrogen-bond acceptors (Lipinski definition) is 2. The molecule has 2 aliphatic carbocycles. The minimum absolute atomic E-state index is 0.932. The molecule has 0 spiro atoms. The molecule has 3 unspecified atom stereocenters. The van der Waals surface area contributed by atoms with E-state index in [1.165, 1.54) is 49.0 Å². The zero-order chi connectivity index (χ0) is 14.8. The van der Waals surface area contributed by atoms with E-state index in [4.69, 9.17) is 0 Å². The highest BCUT2D eigenvalue weighted by atomic mass is 15.1. The number of fused-ring (bicyclic) bond motifs is 2. The van der Waals surface area contributed by atoms with Crippen molar-refractivity contribution < 1.29 is 0 Å². The molecule has 0 heterocycles. The first-order valence-electron chi connectivity index (χ1n) is 8.68. The van der Waals surface area contributed by atoms with Crippen LogP contribution in [0, 0.1) is 24.7 Å². The molecule has 0 aromatic heterocycles. The van der Waals surface area contributed by atoms with E-state index in [0.29, 0.717) is 0 Å². The molecule has 2 fully saturated rings. The summed E-state index contributed by atoms with van der Waals surface area (Å²) in [5.74, 6) is 3.00. The molecular formula is C19H30N2. The SMILES string of the molecule is CCNCc1cc(C)ccc1N(C)CC1CC2CCC1C2. The highest BCUT2D eigenvalue weighted by Gasteiger charge is 2.39. The van der Waals surface area contributed by atoms with Gasteiger partial charge in [0, 0.05) is 25.8 Å². The van der Waals surface area contributed by atoms with E-state index >= 15 is 0 Å². The molecule has 1 N–H and O–H groups in total. The van der Waals surface area contributed by atoms with Gasteiger partial charge in [-0.1, -0.05) is 31.0 Å². The number of aryl methyl sites for hydroxylation is 1. The minimum Gasteiger partial charge on any atom is -0.374 e. The Morgan fingerprint density at radius 2 is 2.10 bits per heavy atom. The monoisotopic (exact) mass is 286 g/mol. The first-order valence-corrected chi connectivity index (χ1v) is 8.68. The maximum atomic E-state index is 3.48. The van der Waals surface area contributed by atoms with Crippen molar-refractivity contribution >= 4 is 5.69 Å². The smallest absolute Gasteiger partial charge is 0.0409 e. The second-order valence-electron chi connectivity index (χ2n) is 7.23. The molecule has 0 saturated heterocycles. The second-order valence-corrected chi connectivity index (χ2v) is 7.23. The van der Waals surface area contributed by atoms with Crippen LogP contribution in [0.5, 0.6) is 0 Å². The maximum absolute atomic E-state index is 3.48. The van der Waals surface area contributed by atoms with E-state index in [-0.39, 0.29) is 0 Å². The van der Waals surface area contributed by atoms with Crippen LogP contribution in [-0.2, 0) is 6.54 Å². The fourth-order valence-corrected chi connectivity index (χ4v) is 4.54. The molecule has 2 saturated carbocycles. The van der Waals surface area contributed by atoms with E-state index < -0.39 is 0 Å². The van der Waals surface area contributed by atoms with Crippen LogP contribution in [0.15, 0.2) is 18.2 Å². The normalized spacial score (nSPS) is 27.3. The van der Waals surface area contributed by atoms with Gasteiger partial charge in [-0.15, -0.1) is 0 Å². The fraction of sp³-hybridized carbons (Fsp3) is 0.684. The van der Waals surface area contributed by atoms with Crippen molar-refractivity contribution in [3.8, 4) is 0 Å². The summed E-state index contributed by atoms with van der Waals surface area (Å²) in [6.45, 7) is 7.62. The van der Waals surface area contributed by atoms with E-state index in [0.717, 1.165) is 30.8 Å². The third-order valence-corrected chi connectivity index (χ3v) is 5.60. The van der Waals surface area contributed by atoms with Crippen molar-refractivity contribution in [1.82, 2.24) is 5.32 Å². The Morgan fingerprint density at radius 3 is 2.76 bits per heavy atom. The van der Waals surface area contributed by atoms with Crippen LogP contribution < -0.4 is 10.2 Å². The van der Waals surface area contributed by atoms with Gasteiger partial charge in [-0.25, -0.2) is 0 Å². The first kappa shape index (κ1) is 14.9. The predicted octanol–water partition coefficient (Wildman–Crippen LogP) is 3.98. The number of nitrogens with one attached hydrogen (secondary N) is 1. The Bertz CT molecular complexity index is 482. The first-order chi connectivity index (χ1) is 10.2. The van der Waals surface area contributed by atoms with Gasteiger partial charge in [0.15, 0.2) is 0 Å². The summed E-state index contributed by atoms with van der Waals surface area (Å²) >= 11 is 0. The summed E-state index contributed by atoms with van der Waals surface area (Å²) in [5.41, 5.74) is 4.23. The summed E-state index contributed by atoms with van der Waals surface area (Å²) in [6, 6.07) is 6.91. The molecule has 0 aliphatic heterocycles. The van der Waals surface area contributed by atoms with Crippen molar-refractivity contribution in [1.29, 1.82) is 0 Å². The Kier molecular flexibility index (Phi) is 4.54. The maximum Gasteiger partial charge on any atom is 0.0409 e. The Balaban J connectivity index is 1.69. The molecule has 0 radical (unpaired) electrons. The van der Waals surface area contributed by atoms with E-state index in [1.807, 2.05) is 0 Å². The molecule has 3 rings (SSSR count). The van der Waals surface area contributed by atoms with Gasteiger partial charge in [0.05, 0.1) is 0 Å². The van der Waals surface area contributed by atoms with Crippen LogP contribution in [0.25, 0.3) is 0 Å². The average Bonchev–Trinajstić information content (AvgIpc) is 3.07. The van der Waals surface area contributed by atoms with E-state index in [2.05, 4.69) is 49.3 Å². The standard InChI is InChI=1S/C19H30N2/c1-4-20-12-17-9-14(2)5-8-19(17)21(3)13-18-11-15-6-7-16(18)10-15/h5,8-9,15-16,18,20H,4,6-7,10-13H2,1-3H3. The number of benzene rings is 1. The van der Waals surface area contributed by atoms with E-state index in [1.54, 1.807) is 0 Å². The Morgan fingerprint density at radius 1 is 1.24 bits per heavy atom. The summed E-state index contributed by atoms with van der Waals surface area (Å²) < 4.78 is 0. The van der Waals surface area contributed by atoms with Gasteiger partial charge in [0.25, 0.3) is 0 Å². The zero-order valence-corrected chi connectivity index (χ0v) is 13.9. The lowest BCUT2D eigenvalue weighted by atomic mass is 9.88. The fourth-order valence-electron chi connectivity index (χ4n) is 4.54. The number of nitrogens with zero attached hydrogens (tertiary/aromatic N) is 1.